The van der Waals surface area contributed by atoms with Gasteiger partial charge in [-0.2, -0.15) is 5.48 Å². The minimum absolute atomic E-state index is 0.203. The van der Waals surface area contributed by atoms with E-state index in [4.69, 9.17) is 9.57 Å². The minimum atomic E-state index is -0.601. The summed E-state index contributed by atoms with van der Waals surface area (Å²) >= 11 is 0. The first kappa shape index (κ1) is 23.1. The number of benzene rings is 2. The van der Waals surface area contributed by atoms with E-state index in [0.29, 0.717) is 24.0 Å². The lowest BCUT2D eigenvalue weighted by molar-refractivity contribution is -0.130. The number of carbonyl (C=O) groups is 3. The molecule has 0 aliphatic carbocycles. The van der Waals surface area contributed by atoms with Crippen LogP contribution in [0.3, 0.4) is 0 Å². The fraction of sp³-hybridized carbons (Fsp3) is 0.375. The van der Waals surface area contributed by atoms with E-state index in [-0.39, 0.29) is 24.2 Å². The summed E-state index contributed by atoms with van der Waals surface area (Å²) in [6, 6.07) is 15.8. The second kappa shape index (κ2) is 10.6. The van der Waals surface area contributed by atoms with Gasteiger partial charge >= 0.3 is 11.9 Å². The first-order valence-electron chi connectivity index (χ1n) is 10.0. The van der Waals surface area contributed by atoms with Crippen LogP contribution in [-0.2, 0) is 20.8 Å². The molecule has 0 bridgehead atoms. The fourth-order valence-corrected chi connectivity index (χ4v) is 2.83. The van der Waals surface area contributed by atoms with Gasteiger partial charge in [-0.25, -0.2) is 9.59 Å². The van der Waals surface area contributed by atoms with Gasteiger partial charge in [-0.05, 0) is 69.4 Å². The van der Waals surface area contributed by atoms with Crippen LogP contribution in [0.1, 0.15) is 66.8 Å². The highest BCUT2D eigenvalue weighted by Crippen LogP contribution is 2.17. The molecule has 0 aromatic heterocycles. The van der Waals surface area contributed by atoms with E-state index in [0.717, 1.165) is 5.56 Å². The molecule has 1 N–H and O–H groups in total. The Morgan fingerprint density at radius 2 is 1.60 bits per heavy atom. The number of rotatable bonds is 7. The summed E-state index contributed by atoms with van der Waals surface area (Å²) in [5, 5.41) is 0. The topological polar surface area (TPSA) is 81.7 Å². The molecule has 0 saturated carbocycles. The summed E-state index contributed by atoms with van der Waals surface area (Å²) in [4.78, 5) is 40.8. The highest BCUT2D eigenvalue weighted by molar-refractivity contribution is 5.90. The third kappa shape index (κ3) is 8.07. The number of esters is 1. The summed E-state index contributed by atoms with van der Waals surface area (Å²) in [5.41, 5.74) is 3.54. The van der Waals surface area contributed by atoms with Gasteiger partial charge in [0.2, 0.25) is 0 Å². The number of ether oxygens (including phenoxy) is 1. The van der Waals surface area contributed by atoms with Crippen LogP contribution in [0.5, 0.6) is 0 Å². The Hall–Kier alpha value is -3.15. The van der Waals surface area contributed by atoms with Crippen molar-refractivity contribution in [1.82, 2.24) is 5.48 Å². The summed E-state index contributed by atoms with van der Waals surface area (Å²) in [6.45, 7) is 7.53. The van der Waals surface area contributed by atoms with Crippen molar-refractivity contribution in [3.8, 4) is 0 Å². The van der Waals surface area contributed by atoms with Gasteiger partial charge in [-0.3, -0.25) is 4.79 Å². The van der Waals surface area contributed by atoms with Crippen molar-refractivity contribution in [3.05, 3.63) is 71.3 Å². The third-order valence-corrected chi connectivity index (χ3v) is 4.28. The molecule has 0 aliphatic rings. The van der Waals surface area contributed by atoms with Crippen LogP contribution in [0.4, 0.5) is 0 Å². The van der Waals surface area contributed by atoms with Gasteiger partial charge in [0.1, 0.15) is 5.60 Å². The summed E-state index contributed by atoms with van der Waals surface area (Å²) in [7, 11) is 0. The molecule has 160 valence electrons. The lowest BCUT2D eigenvalue weighted by Gasteiger charge is -2.19. The normalized spacial score (nSPS) is 12.0. The van der Waals surface area contributed by atoms with Crippen LogP contribution < -0.4 is 5.48 Å². The van der Waals surface area contributed by atoms with Crippen molar-refractivity contribution >= 4 is 17.8 Å². The molecule has 0 heterocycles. The number of carbonyl (C=O) groups excluding carboxylic acids is 3. The fourth-order valence-electron chi connectivity index (χ4n) is 2.83. The molecule has 0 radical (unpaired) electrons. The van der Waals surface area contributed by atoms with Crippen molar-refractivity contribution < 1.29 is 24.0 Å². The van der Waals surface area contributed by atoms with E-state index in [2.05, 4.69) is 5.48 Å². The van der Waals surface area contributed by atoms with Gasteiger partial charge in [0.25, 0.3) is 5.91 Å². The van der Waals surface area contributed by atoms with E-state index >= 15 is 0 Å². The second-order valence-corrected chi connectivity index (χ2v) is 8.33. The molecule has 6 nitrogen and oxygen atoms in total. The highest BCUT2D eigenvalue weighted by Gasteiger charge is 2.18. The molecule has 1 amide bonds. The van der Waals surface area contributed by atoms with Gasteiger partial charge in [-0.15, -0.1) is 0 Å². The molecule has 1 atom stereocenters. The van der Waals surface area contributed by atoms with Crippen LogP contribution in [-0.4, -0.2) is 23.4 Å². The number of hydroxylamine groups is 1. The predicted octanol–water partition coefficient (Wildman–Crippen LogP) is 4.49. The first-order chi connectivity index (χ1) is 14.1. The van der Waals surface area contributed by atoms with E-state index in [1.807, 2.05) is 45.9 Å². The first-order valence-corrected chi connectivity index (χ1v) is 10.0. The second-order valence-electron chi connectivity index (χ2n) is 8.33. The van der Waals surface area contributed by atoms with E-state index in [1.54, 1.807) is 36.4 Å². The Kier molecular flexibility index (Phi) is 8.16. The lowest BCUT2D eigenvalue weighted by Crippen LogP contribution is -2.27. The Balaban J connectivity index is 1.78. The van der Waals surface area contributed by atoms with Gasteiger partial charge < -0.3 is 9.57 Å². The van der Waals surface area contributed by atoms with E-state index in [9.17, 15) is 14.4 Å². The maximum Gasteiger partial charge on any atom is 0.362 e. The van der Waals surface area contributed by atoms with E-state index < -0.39 is 11.6 Å². The van der Waals surface area contributed by atoms with Gasteiger partial charge in [0, 0.05) is 6.42 Å². The molecular weight excluding hydrogens is 382 g/mol. The summed E-state index contributed by atoms with van der Waals surface area (Å²) in [6.07, 6.45) is 1.56. The maximum absolute atomic E-state index is 12.2. The molecule has 2 aromatic rings. The molecule has 0 aliphatic heterocycles. The predicted molar refractivity (Wildman–Crippen MR) is 114 cm³/mol. The lowest BCUT2D eigenvalue weighted by atomic mass is 9.95. The molecule has 0 fully saturated rings. The zero-order chi connectivity index (χ0) is 22.1. The largest absolute Gasteiger partial charge is 0.456 e. The Labute approximate surface area is 177 Å². The van der Waals surface area contributed by atoms with Gasteiger partial charge in [-0.1, -0.05) is 37.3 Å². The van der Waals surface area contributed by atoms with Crippen LogP contribution in [0, 0.1) is 5.92 Å². The van der Waals surface area contributed by atoms with Crippen LogP contribution in [0.15, 0.2) is 54.6 Å². The standard InChI is InChI=1S/C24H29NO5/c1-17(13-14-21(26)25-30-23(28)19-10-6-5-7-11-19)15-18-9-8-12-20(16-18)22(27)29-24(2,3)4/h5-12,16-17H,13-15H2,1-4H3,(H,25,26). The van der Waals surface area contributed by atoms with Crippen molar-refractivity contribution in [3.63, 3.8) is 0 Å². The zero-order valence-electron chi connectivity index (χ0n) is 17.9. The van der Waals surface area contributed by atoms with Gasteiger partial charge in [0.15, 0.2) is 0 Å². The van der Waals surface area contributed by atoms with Crippen molar-refractivity contribution in [2.45, 2.75) is 52.6 Å². The zero-order valence-corrected chi connectivity index (χ0v) is 17.9. The molecular formula is C24H29NO5. The van der Waals surface area contributed by atoms with Crippen molar-refractivity contribution in [2.24, 2.45) is 5.92 Å². The van der Waals surface area contributed by atoms with Crippen molar-refractivity contribution in [2.75, 3.05) is 0 Å². The summed E-state index contributed by atoms with van der Waals surface area (Å²) in [5.74, 6) is -1.10. The molecule has 0 spiro atoms. The SMILES string of the molecule is CC(CCC(=O)NOC(=O)c1ccccc1)Cc1cccc(C(=O)OC(C)(C)C)c1. The Morgan fingerprint density at radius 1 is 0.933 bits per heavy atom. The molecule has 0 saturated heterocycles. The van der Waals surface area contributed by atoms with Crippen LogP contribution in [0.25, 0.3) is 0 Å². The average Bonchev–Trinajstić information content (AvgIpc) is 2.70. The number of hydrogen-bond acceptors (Lipinski definition) is 5. The van der Waals surface area contributed by atoms with E-state index in [1.165, 1.54) is 0 Å². The Bertz CT molecular complexity index is 871. The molecule has 1 unspecified atom stereocenters. The molecule has 30 heavy (non-hydrogen) atoms. The highest BCUT2D eigenvalue weighted by atomic mass is 16.7. The number of amides is 1. The molecule has 2 rings (SSSR count). The number of hydrogen-bond donors (Lipinski definition) is 1. The Morgan fingerprint density at radius 3 is 2.27 bits per heavy atom. The molecule has 6 heteroatoms. The van der Waals surface area contributed by atoms with Gasteiger partial charge in [0.05, 0.1) is 11.1 Å². The molecule has 2 aromatic carbocycles. The number of nitrogens with one attached hydrogen (secondary N) is 1. The maximum atomic E-state index is 12.2. The third-order valence-electron chi connectivity index (χ3n) is 4.28. The smallest absolute Gasteiger partial charge is 0.362 e. The monoisotopic (exact) mass is 411 g/mol. The van der Waals surface area contributed by atoms with Crippen LogP contribution in [0.2, 0.25) is 0 Å². The quantitative estimate of drug-likeness (QED) is 0.536. The summed E-state index contributed by atoms with van der Waals surface area (Å²) < 4.78 is 5.41. The average molecular weight is 411 g/mol. The van der Waals surface area contributed by atoms with Crippen molar-refractivity contribution in [1.29, 1.82) is 0 Å². The van der Waals surface area contributed by atoms with Crippen LogP contribution >= 0.6 is 0 Å². The minimum Gasteiger partial charge on any atom is -0.456 e.